The first-order valence-electron chi connectivity index (χ1n) is 15.5. The Balaban J connectivity index is 1.38. The summed E-state index contributed by atoms with van der Waals surface area (Å²) in [5, 5.41) is 11.6. The molecule has 2 aliphatic heterocycles. The van der Waals surface area contributed by atoms with Gasteiger partial charge in [0.2, 0.25) is 23.6 Å². The molecule has 2 heterocycles. The van der Waals surface area contributed by atoms with Crippen molar-refractivity contribution in [2.45, 2.75) is 24.2 Å². The Morgan fingerprint density at radius 1 is 0.745 bits per heavy atom. The quantitative estimate of drug-likeness (QED) is 0.200. The molecule has 1 N–H and O–H groups in total. The molecule has 2 saturated heterocycles. The molecule has 0 aromatic heterocycles. The number of allylic oxidation sites excluding steroid dienone is 2. The van der Waals surface area contributed by atoms with Crippen molar-refractivity contribution in [2.75, 3.05) is 9.80 Å². The Labute approximate surface area is 274 Å². The van der Waals surface area contributed by atoms with Crippen LogP contribution in [0.4, 0.5) is 15.8 Å². The van der Waals surface area contributed by atoms with Crippen molar-refractivity contribution < 1.29 is 28.7 Å². The molecule has 6 unspecified atom stereocenters. The first-order chi connectivity index (χ1) is 22.7. The average molecular weight is 647 g/mol. The van der Waals surface area contributed by atoms with Crippen LogP contribution in [0.1, 0.15) is 29.9 Å². The van der Waals surface area contributed by atoms with Gasteiger partial charge in [0.1, 0.15) is 0 Å². The van der Waals surface area contributed by atoms with Crippen LogP contribution in [0.2, 0.25) is 5.02 Å². The van der Waals surface area contributed by atoms with Crippen molar-refractivity contribution in [2.24, 2.45) is 23.7 Å². The summed E-state index contributed by atoms with van der Waals surface area (Å²) in [5.74, 6) is -7.36. The van der Waals surface area contributed by atoms with Crippen LogP contribution in [0.15, 0.2) is 115 Å². The predicted molar refractivity (Wildman–Crippen MR) is 173 cm³/mol. The van der Waals surface area contributed by atoms with Crippen LogP contribution in [0.5, 0.6) is 5.75 Å². The van der Waals surface area contributed by atoms with Crippen LogP contribution < -0.4 is 9.80 Å². The second kappa shape index (κ2) is 10.7. The number of rotatable bonds is 4. The van der Waals surface area contributed by atoms with Crippen molar-refractivity contribution in [1.29, 1.82) is 0 Å². The second-order valence-electron chi connectivity index (χ2n) is 12.6. The number of phenolic OH excluding ortho intramolecular Hbond substituents is 1. The lowest BCUT2D eigenvalue weighted by atomic mass is 9.49. The van der Waals surface area contributed by atoms with Gasteiger partial charge < -0.3 is 5.11 Å². The maximum atomic E-state index is 15.2. The summed E-state index contributed by atoms with van der Waals surface area (Å²) in [5.41, 5.74) is 0.452. The summed E-state index contributed by atoms with van der Waals surface area (Å²) in [4.78, 5) is 60.3. The number of carbonyl (C=O) groups excluding carboxylic acids is 4. The molecule has 4 aromatic rings. The minimum absolute atomic E-state index is 0.0950. The van der Waals surface area contributed by atoms with Crippen molar-refractivity contribution in [3.05, 3.63) is 137 Å². The van der Waals surface area contributed by atoms with Gasteiger partial charge in [0, 0.05) is 16.5 Å². The van der Waals surface area contributed by atoms with E-state index in [4.69, 9.17) is 11.6 Å². The molecule has 4 aliphatic rings. The van der Waals surface area contributed by atoms with E-state index in [1.807, 2.05) is 6.08 Å². The highest BCUT2D eigenvalue weighted by Gasteiger charge is 2.70. The third-order valence-corrected chi connectivity index (χ3v) is 10.7. The highest BCUT2D eigenvalue weighted by atomic mass is 35.5. The fourth-order valence-corrected chi connectivity index (χ4v) is 8.87. The van der Waals surface area contributed by atoms with Crippen molar-refractivity contribution in [3.8, 4) is 5.75 Å². The summed E-state index contributed by atoms with van der Waals surface area (Å²) in [6.45, 7) is 0. The summed E-state index contributed by atoms with van der Waals surface area (Å²) in [7, 11) is 0. The Morgan fingerprint density at radius 2 is 1.43 bits per heavy atom. The third-order valence-electron chi connectivity index (χ3n) is 10.5. The van der Waals surface area contributed by atoms with Crippen molar-refractivity contribution in [1.82, 2.24) is 0 Å². The van der Waals surface area contributed by atoms with Crippen LogP contribution in [-0.4, -0.2) is 28.7 Å². The standard InChI is InChI=1S/C38H28ClFN2O5/c39-22-11-7-14-24(19-22)42-35(45)29-20-28-25(17-18-26-31(28)36(46)41(34(26)44)23-12-5-2-6-13-23)32(27-15-8-16-30(40)33(27)43)38(29,37(42)47)21-9-3-1-4-10-21/h1-17,19,26,28-29,31-32,43H,18,20H2. The van der Waals surface area contributed by atoms with Gasteiger partial charge in [0.15, 0.2) is 11.6 Å². The molecule has 4 amide bonds. The number of imide groups is 2. The van der Waals surface area contributed by atoms with E-state index in [-0.39, 0.29) is 35.9 Å². The van der Waals surface area contributed by atoms with Crippen LogP contribution in [0.25, 0.3) is 0 Å². The fraction of sp³-hybridized carbons (Fsp3) is 0.211. The lowest BCUT2D eigenvalue weighted by molar-refractivity contribution is -0.127. The van der Waals surface area contributed by atoms with E-state index in [2.05, 4.69) is 0 Å². The van der Waals surface area contributed by atoms with Crippen molar-refractivity contribution in [3.63, 3.8) is 0 Å². The minimum atomic E-state index is -1.61. The smallest absolute Gasteiger partial charge is 0.246 e. The number of amides is 4. The number of phenols is 1. The molecule has 7 nitrogen and oxygen atoms in total. The maximum Gasteiger partial charge on any atom is 0.246 e. The van der Waals surface area contributed by atoms with E-state index in [9.17, 15) is 19.5 Å². The lowest BCUT2D eigenvalue weighted by Crippen LogP contribution is -2.53. The van der Waals surface area contributed by atoms with Gasteiger partial charge in [-0.05, 0) is 60.7 Å². The largest absolute Gasteiger partial charge is 0.505 e. The average Bonchev–Trinajstić information content (AvgIpc) is 3.47. The number of nitrogens with zero attached hydrogens (tertiary/aromatic N) is 2. The Bertz CT molecular complexity index is 2020. The number of hydrogen-bond acceptors (Lipinski definition) is 5. The van der Waals surface area contributed by atoms with Crippen LogP contribution in [-0.2, 0) is 24.6 Å². The van der Waals surface area contributed by atoms with Gasteiger partial charge in [-0.2, -0.15) is 0 Å². The number of aromatic hydroxyl groups is 1. The molecule has 2 aliphatic carbocycles. The van der Waals surface area contributed by atoms with Crippen LogP contribution in [0, 0.1) is 29.5 Å². The SMILES string of the molecule is O=C1C2CC=C3C(CC4C(=O)N(c5cccc(Cl)c5)C(=O)C4(c4ccccc4)C3c3cccc(F)c3O)C2C(=O)N1c1ccccc1. The topological polar surface area (TPSA) is 95.0 Å². The fourth-order valence-electron chi connectivity index (χ4n) is 8.68. The zero-order chi connectivity index (χ0) is 32.6. The Hall–Kier alpha value is -5.08. The zero-order valence-electron chi connectivity index (χ0n) is 24.9. The number of halogens is 2. The molecule has 47 heavy (non-hydrogen) atoms. The number of hydrogen-bond donors (Lipinski definition) is 1. The molecule has 6 atom stereocenters. The molecule has 234 valence electrons. The van der Waals surface area contributed by atoms with Gasteiger partial charge in [-0.25, -0.2) is 9.29 Å². The van der Waals surface area contributed by atoms with E-state index in [1.165, 1.54) is 11.0 Å². The monoisotopic (exact) mass is 646 g/mol. The van der Waals surface area contributed by atoms with Gasteiger partial charge >= 0.3 is 0 Å². The summed E-state index contributed by atoms with van der Waals surface area (Å²) < 4.78 is 15.2. The number of benzene rings is 4. The molecule has 9 heteroatoms. The van der Waals surface area contributed by atoms with Crippen LogP contribution in [0.3, 0.4) is 0 Å². The molecular weight excluding hydrogens is 619 g/mol. The molecule has 4 aromatic carbocycles. The predicted octanol–water partition coefficient (Wildman–Crippen LogP) is 6.55. The van der Waals surface area contributed by atoms with Gasteiger partial charge in [0.25, 0.3) is 0 Å². The van der Waals surface area contributed by atoms with Gasteiger partial charge in [-0.3, -0.25) is 24.1 Å². The first-order valence-corrected chi connectivity index (χ1v) is 15.9. The summed E-state index contributed by atoms with van der Waals surface area (Å²) >= 11 is 6.33. The van der Waals surface area contributed by atoms with E-state index < -0.39 is 58.4 Å². The highest BCUT2D eigenvalue weighted by Crippen LogP contribution is 2.65. The number of anilines is 2. The van der Waals surface area contributed by atoms with Gasteiger partial charge in [-0.1, -0.05) is 90.0 Å². The molecule has 3 fully saturated rings. The second-order valence-corrected chi connectivity index (χ2v) is 13.1. The third kappa shape index (κ3) is 4.04. The Morgan fingerprint density at radius 3 is 2.15 bits per heavy atom. The van der Waals surface area contributed by atoms with Crippen LogP contribution >= 0.6 is 11.6 Å². The Kier molecular flexibility index (Phi) is 6.70. The van der Waals surface area contributed by atoms with Crippen molar-refractivity contribution >= 4 is 46.6 Å². The van der Waals surface area contributed by atoms with E-state index in [0.717, 1.165) is 11.0 Å². The number of carbonyl (C=O) groups is 4. The summed E-state index contributed by atoms with van der Waals surface area (Å²) in [6.07, 6.45) is 2.19. The zero-order valence-corrected chi connectivity index (χ0v) is 25.7. The molecule has 0 spiro atoms. The van der Waals surface area contributed by atoms with Gasteiger partial charge in [-0.15, -0.1) is 0 Å². The first kappa shape index (κ1) is 29.3. The maximum absolute atomic E-state index is 15.2. The molecule has 8 rings (SSSR count). The molecular formula is C38H28ClFN2O5. The van der Waals surface area contributed by atoms with E-state index in [1.54, 1.807) is 91.0 Å². The molecule has 0 radical (unpaired) electrons. The number of para-hydroxylation sites is 2. The molecule has 1 saturated carbocycles. The van der Waals surface area contributed by atoms with Gasteiger partial charge in [0.05, 0.1) is 34.5 Å². The number of fused-ring (bicyclic) bond motifs is 4. The normalized spacial score (nSPS) is 28.2. The lowest BCUT2D eigenvalue weighted by Gasteiger charge is -2.50. The minimum Gasteiger partial charge on any atom is -0.505 e. The molecule has 0 bridgehead atoms. The van der Waals surface area contributed by atoms with E-state index >= 15 is 9.18 Å². The highest BCUT2D eigenvalue weighted by molar-refractivity contribution is 6.32. The van der Waals surface area contributed by atoms with E-state index in [0.29, 0.717) is 21.8 Å². The summed E-state index contributed by atoms with van der Waals surface area (Å²) in [6, 6.07) is 28.3.